The molecule has 0 aromatic rings. The van der Waals surface area contributed by atoms with E-state index in [-0.39, 0.29) is 17.5 Å². The maximum Gasteiger partial charge on any atom is 0.309 e. The first-order valence-electron chi connectivity index (χ1n) is 4.87. The van der Waals surface area contributed by atoms with E-state index in [4.69, 9.17) is 10.5 Å². The molecule has 1 rings (SSSR count). The highest BCUT2D eigenvalue weighted by Gasteiger charge is 2.38. The molecule has 0 aromatic heterocycles. The lowest BCUT2D eigenvalue weighted by Gasteiger charge is -2.35. The maximum absolute atomic E-state index is 11.5. The second-order valence-corrected chi connectivity index (χ2v) is 4.71. The average molecular weight is 185 g/mol. The summed E-state index contributed by atoms with van der Waals surface area (Å²) >= 11 is 0. The van der Waals surface area contributed by atoms with Gasteiger partial charge in [0.1, 0.15) is 5.60 Å². The summed E-state index contributed by atoms with van der Waals surface area (Å²) in [6.45, 7) is 6.27. The SMILES string of the molecule is CC(C)(C)OC(=O)C1CCC1CN. The molecule has 1 aliphatic carbocycles. The Morgan fingerprint density at radius 3 is 2.38 bits per heavy atom. The van der Waals surface area contributed by atoms with Gasteiger partial charge in [0.2, 0.25) is 0 Å². The van der Waals surface area contributed by atoms with Gasteiger partial charge in [-0.15, -0.1) is 0 Å². The Morgan fingerprint density at radius 1 is 1.46 bits per heavy atom. The maximum atomic E-state index is 11.5. The summed E-state index contributed by atoms with van der Waals surface area (Å²) in [4.78, 5) is 11.5. The summed E-state index contributed by atoms with van der Waals surface area (Å²) in [6, 6.07) is 0. The van der Waals surface area contributed by atoms with Crippen molar-refractivity contribution in [2.24, 2.45) is 17.6 Å². The van der Waals surface area contributed by atoms with Crippen LogP contribution in [0.4, 0.5) is 0 Å². The van der Waals surface area contributed by atoms with Gasteiger partial charge in [-0.2, -0.15) is 0 Å². The van der Waals surface area contributed by atoms with Crippen LogP contribution < -0.4 is 5.73 Å². The molecule has 2 atom stereocenters. The summed E-state index contributed by atoms with van der Waals surface area (Å²) < 4.78 is 5.28. The number of esters is 1. The molecule has 1 saturated carbocycles. The van der Waals surface area contributed by atoms with Crippen molar-refractivity contribution < 1.29 is 9.53 Å². The number of hydrogen-bond donors (Lipinski definition) is 1. The zero-order valence-corrected chi connectivity index (χ0v) is 8.67. The summed E-state index contributed by atoms with van der Waals surface area (Å²) in [5.41, 5.74) is 5.15. The van der Waals surface area contributed by atoms with Crippen molar-refractivity contribution in [2.45, 2.75) is 39.2 Å². The topological polar surface area (TPSA) is 52.3 Å². The Labute approximate surface area is 79.6 Å². The molecule has 76 valence electrons. The third-order valence-corrected chi connectivity index (χ3v) is 2.43. The van der Waals surface area contributed by atoms with Gasteiger partial charge >= 0.3 is 5.97 Å². The highest BCUT2D eigenvalue weighted by molar-refractivity contribution is 5.74. The van der Waals surface area contributed by atoms with Crippen molar-refractivity contribution in [3.63, 3.8) is 0 Å². The molecular weight excluding hydrogens is 166 g/mol. The van der Waals surface area contributed by atoms with Gasteiger partial charge in [-0.1, -0.05) is 0 Å². The normalized spacial score (nSPS) is 28.0. The van der Waals surface area contributed by atoms with Crippen LogP contribution in [0.5, 0.6) is 0 Å². The molecule has 13 heavy (non-hydrogen) atoms. The lowest BCUT2D eigenvalue weighted by atomic mass is 9.74. The van der Waals surface area contributed by atoms with Crippen LogP contribution in [0.25, 0.3) is 0 Å². The van der Waals surface area contributed by atoms with Crippen molar-refractivity contribution in [1.29, 1.82) is 0 Å². The van der Waals surface area contributed by atoms with Crippen LogP contribution in [-0.4, -0.2) is 18.1 Å². The molecular formula is C10H19NO2. The van der Waals surface area contributed by atoms with E-state index in [0.29, 0.717) is 12.5 Å². The van der Waals surface area contributed by atoms with E-state index in [1.54, 1.807) is 0 Å². The van der Waals surface area contributed by atoms with E-state index in [0.717, 1.165) is 12.8 Å². The first kappa shape index (κ1) is 10.5. The predicted octanol–water partition coefficient (Wildman–Crippen LogP) is 1.31. The van der Waals surface area contributed by atoms with Crippen molar-refractivity contribution in [3.05, 3.63) is 0 Å². The standard InChI is InChI=1S/C10H19NO2/c1-10(2,3)13-9(12)8-5-4-7(8)6-11/h7-8H,4-6,11H2,1-3H3. The van der Waals surface area contributed by atoms with E-state index >= 15 is 0 Å². The van der Waals surface area contributed by atoms with Gasteiger partial charge in [-0.05, 0) is 46.1 Å². The fourth-order valence-corrected chi connectivity index (χ4v) is 1.54. The quantitative estimate of drug-likeness (QED) is 0.660. The van der Waals surface area contributed by atoms with Crippen molar-refractivity contribution >= 4 is 5.97 Å². The van der Waals surface area contributed by atoms with Crippen LogP contribution in [0, 0.1) is 11.8 Å². The molecule has 1 aliphatic rings. The minimum absolute atomic E-state index is 0.0595. The molecule has 1 fully saturated rings. The average Bonchev–Trinajstić information content (AvgIpc) is 1.80. The first-order chi connectivity index (χ1) is 5.94. The molecule has 0 aromatic carbocycles. The van der Waals surface area contributed by atoms with E-state index in [2.05, 4.69) is 0 Å². The highest BCUT2D eigenvalue weighted by Crippen LogP contribution is 2.35. The molecule has 2 N–H and O–H groups in total. The van der Waals surface area contributed by atoms with E-state index in [9.17, 15) is 4.79 Å². The largest absolute Gasteiger partial charge is 0.460 e. The van der Waals surface area contributed by atoms with Gasteiger partial charge in [-0.25, -0.2) is 0 Å². The zero-order chi connectivity index (χ0) is 10.1. The molecule has 3 nitrogen and oxygen atoms in total. The van der Waals surface area contributed by atoms with Crippen molar-refractivity contribution in [1.82, 2.24) is 0 Å². The lowest BCUT2D eigenvalue weighted by molar-refractivity contribution is -0.166. The molecule has 0 radical (unpaired) electrons. The number of hydrogen-bond acceptors (Lipinski definition) is 3. The van der Waals surface area contributed by atoms with E-state index in [1.807, 2.05) is 20.8 Å². The first-order valence-corrected chi connectivity index (χ1v) is 4.87. The van der Waals surface area contributed by atoms with Crippen LogP contribution in [0.15, 0.2) is 0 Å². The molecule has 2 unspecified atom stereocenters. The predicted molar refractivity (Wildman–Crippen MR) is 51.1 cm³/mol. The Kier molecular flexibility index (Phi) is 2.96. The number of rotatable bonds is 2. The van der Waals surface area contributed by atoms with Gasteiger partial charge < -0.3 is 10.5 Å². The van der Waals surface area contributed by atoms with Gasteiger partial charge in [0.25, 0.3) is 0 Å². The monoisotopic (exact) mass is 185 g/mol. The minimum Gasteiger partial charge on any atom is -0.460 e. The van der Waals surface area contributed by atoms with Gasteiger partial charge in [0.15, 0.2) is 0 Å². The van der Waals surface area contributed by atoms with Gasteiger partial charge in [-0.3, -0.25) is 4.79 Å². The van der Waals surface area contributed by atoms with E-state index in [1.165, 1.54) is 0 Å². The van der Waals surface area contributed by atoms with Crippen molar-refractivity contribution in [2.75, 3.05) is 6.54 Å². The number of carbonyl (C=O) groups is 1. The molecule has 3 heteroatoms. The summed E-state index contributed by atoms with van der Waals surface area (Å²) in [5, 5.41) is 0. The van der Waals surface area contributed by atoms with Gasteiger partial charge in [0.05, 0.1) is 5.92 Å². The fraction of sp³-hybridized carbons (Fsp3) is 0.900. The van der Waals surface area contributed by atoms with Crippen LogP contribution in [0.3, 0.4) is 0 Å². The Bertz CT molecular complexity index is 194. The zero-order valence-electron chi connectivity index (χ0n) is 8.67. The van der Waals surface area contributed by atoms with Crippen LogP contribution in [0.2, 0.25) is 0 Å². The number of ether oxygens (including phenoxy) is 1. The van der Waals surface area contributed by atoms with Crippen molar-refractivity contribution in [3.8, 4) is 0 Å². The minimum atomic E-state index is -0.369. The van der Waals surface area contributed by atoms with Crippen LogP contribution in [-0.2, 0) is 9.53 Å². The molecule has 0 bridgehead atoms. The summed E-state index contributed by atoms with van der Waals surface area (Å²) in [6.07, 6.45) is 2.01. The Balaban J connectivity index is 2.40. The third-order valence-electron chi connectivity index (χ3n) is 2.43. The molecule has 0 heterocycles. The van der Waals surface area contributed by atoms with Crippen LogP contribution >= 0.6 is 0 Å². The molecule has 0 spiro atoms. The van der Waals surface area contributed by atoms with E-state index < -0.39 is 0 Å². The summed E-state index contributed by atoms with van der Waals surface area (Å²) in [7, 11) is 0. The second-order valence-electron chi connectivity index (χ2n) is 4.71. The van der Waals surface area contributed by atoms with Crippen LogP contribution in [0.1, 0.15) is 33.6 Å². The number of carbonyl (C=O) groups excluding carboxylic acids is 1. The smallest absolute Gasteiger partial charge is 0.309 e. The highest BCUT2D eigenvalue weighted by atomic mass is 16.6. The third kappa shape index (κ3) is 2.69. The summed E-state index contributed by atoms with van der Waals surface area (Å²) in [5.74, 6) is 0.341. The Hall–Kier alpha value is -0.570. The molecule has 0 saturated heterocycles. The second kappa shape index (κ2) is 3.66. The number of nitrogens with two attached hydrogens (primary N) is 1. The molecule has 0 aliphatic heterocycles. The molecule has 0 amide bonds. The fourth-order valence-electron chi connectivity index (χ4n) is 1.54. The van der Waals surface area contributed by atoms with Gasteiger partial charge in [0, 0.05) is 0 Å². The lowest BCUT2D eigenvalue weighted by Crippen LogP contribution is -2.41. The Morgan fingerprint density at radius 2 is 2.08 bits per heavy atom.